The molecule has 280 valence electrons. The third-order valence-corrected chi connectivity index (χ3v) is 8.80. The Morgan fingerprint density at radius 3 is 2.11 bits per heavy atom. The number of nitrogens with one attached hydrogen (secondary N) is 5. The van der Waals surface area contributed by atoms with Crippen LogP contribution in [0.3, 0.4) is 0 Å². The van der Waals surface area contributed by atoms with Crippen LogP contribution >= 0.6 is 11.6 Å². The lowest BCUT2D eigenvalue weighted by atomic mass is 9.93. The Bertz CT molecular complexity index is 2160. The van der Waals surface area contributed by atoms with Gasteiger partial charge >= 0.3 is 24.0 Å². The first kappa shape index (κ1) is 37.8. The molecule has 4 aromatic carbocycles. The van der Waals surface area contributed by atoms with E-state index in [0.29, 0.717) is 22.0 Å². The molecule has 12 nitrogen and oxygen atoms in total. The third kappa shape index (κ3) is 10.1. The van der Waals surface area contributed by atoms with Crippen molar-refractivity contribution in [3.8, 4) is 6.01 Å². The standard InChI is InChI=1S/C38H36ClF3N8O4/c1-36(2,21-44-31(52)32(53)45-29-16-7-23-5-3-4-6-25(23)19-29)20-43-30(51)24-8-14-28(15-9-24)46-33-47-34(49-35(48-33)54-22-38(40,41)42)50-37(17-18-37)26-10-12-27(39)13-11-26/h3-16,19H,17-18,20-22H2,1-2H3,(H,43,51)(H,44,52)(H,45,53)(H2,46,47,48,49,50). The highest BCUT2D eigenvalue weighted by Crippen LogP contribution is 2.48. The second-order valence-corrected chi connectivity index (χ2v) is 14.1. The molecule has 1 aliphatic carbocycles. The quantitative estimate of drug-likeness (QED) is 0.0799. The SMILES string of the molecule is CC(C)(CNC(=O)C(=O)Nc1ccc2ccccc2c1)CNC(=O)c1ccc(Nc2nc(NC3(c4ccc(Cl)cc4)CC3)nc(OCC(F)(F)F)n2)cc1. The summed E-state index contributed by atoms with van der Waals surface area (Å²) in [5.41, 5.74) is 1.04. The molecule has 5 N–H and O–H groups in total. The average Bonchev–Trinajstić information content (AvgIpc) is 3.92. The van der Waals surface area contributed by atoms with E-state index < -0.39 is 41.6 Å². The zero-order valence-electron chi connectivity index (χ0n) is 29.2. The zero-order chi connectivity index (χ0) is 38.5. The maximum absolute atomic E-state index is 13.0. The number of hydrogen-bond acceptors (Lipinski definition) is 9. The lowest BCUT2D eigenvalue weighted by molar-refractivity contribution is -0.154. The minimum absolute atomic E-state index is 0.0116. The van der Waals surface area contributed by atoms with Gasteiger partial charge in [-0.3, -0.25) is 14.4 Å². The van der Waals surface area contributed by atoms with Crippen molar-refractivity contribution >= 4 is 63.4 Å². The van der Waals surface area contributed by atoms with E-state index in [-0.39, 0.29) is 30.9 Å². The number of halogens is 4. The van der Waals surface area contributed by atoms with Gasteiger partial charge in [0.2, 0.25) is 11.9 Å². The molecule has 1 aromatic heterocycles. The van der Waals surface area contributed by atoms with Crippen LogP contribution in [0.5, 0.6) is 6.01 Å². The summed E-state index contributed by atoms with van der Waals surface area (Å²) in [4.78, 5) is 50.5. The van der Waals surface area contributed by atoms with E-state index >= 15 is 0 Å². The van der Waals surface area contributed by atoms with Crippen LogP contribution in [0.2, 0.25) is 5.02 Å². The number of carbonyl (C=O) groups is 3. The Morgan fingerprint density at radius 1 is 0.778 bits per heavy atom. The minimum Gasteiger partial charge on any atom is -0.454 e. The van der Waals surface area contributed by atoms with Gasteiger partial charge in [-0.15, -0.1) is 0 Å². The number of anilines is 4. The smallest absolute Gasteiger partial charge is 0.422 e. The van der Waals surface area contributed by atoms with Crippen molar-refractivity contribution in [1.82, 2.24) is 25.6 Å². The van der Waals surface area contributed by atoms with Crippen molar-refractivity contribution in [2.45, 2.75) is 38.4 Å². The molecule has 5 aromatic rings. The van der Waals surface area contributed by atoms with Crippen LogP contribution in [0.4, 0.5) is 36.4 Å². The number of carbonyl (C=O) groups excluding carboxylic acids is 3. The molecular formula is C38H36ClF3N8O4. The summed E-state index contributed by atoms with van der Waals surface area (Å²) >= 11 is 6.04. The van der Waals surface area contributed by atoms with Crippen molar-refractivity contribution < 1.29 is 32.3 Å². The number of fused-ring (bicyclic) bond motifs is 1. The summed E-state index contributed by atoms with van der Waals surface area (Å²) < 4.78 is 43.7. The molecule has 0 unspecified atom stereocenters. The predicted octanol–water partition coefficient (Wildman–Crippen LogP) is 6.98. The molecule has 0 aliphatic heterocycles. The normalized spacial score (nSPS) is 13.4. The first-order valence-corrected chi connectivity index (χ1v) is 17.3. The van der Waals surface area contributed by atoms with E-state index in [2.05, 4.69) is 41.5 Å². The molecule has 3 amide bonds. The Kier molecular flexibility index (Phi) is 10.9. The Hall–Kier alpha value is -5.96. The topological polar surface area (TPSA) is 159 Å². The summed E-state index contributed by atoms with van der Waals surface area (Å²) in [5, 5.41) is 16.7. The number of nitrogens with zero attached hydrogens (tertiary/aromatic N) is 3. The van der Waals surface area contributed by atoms with E-state index in [1.165, 1.54) is 0 Å². The monoisotopic (exact) mass is 760 g/mol. The fourth-order valence-corrected chi connectivity index (χ4v) is 5.57. The fraction of sp³-hybridized carbons (Fsp3) is 0.263. The molecule has 0 saturated heterocycles. The maximum Gasteiger partial charge on any atom is 0.422 e. The lowest BCUT2D eigenvalue weighted by Gasteiger charge is -2.25. The van der Waals surface area contributed by atoms with Gasteiger partial charge in [0.05, 0.1) is 5.54 Å². The summed E-state index contributed by atoms with van der Waals surface area (Å²) in [6.45, 7) is 2.35. The largest absolute Gasteiger partial charge is 0.454 e. The number of aromatic nitrogens is 3. The third-order valence-electron chi connectivity index (χ3n) is 8.55. The highest BCUT2D eigenvalue weighted by atomic mass is 35.5. The number of rotatable bonds is 13. The first-order valence-electron chi connectivity index (χ1n) is 16.9. The molecule has 1 heterocycles. The van der Waals surface area contributed by atoms with Crippen LogP contribution < -0.4 is 31.3 Å². The molecule has 6 rings (SSSR count). The van der Waals surface area contributed by atoms with Gasteiger partial charge in [0.25, 0.3) is 5.91 Å². The Balaban J connectivity index is 1.03. The van der Waals surface area contributed by atoms with Gasteiger partial charge in [0, 0.05) is 35.1 Å². The molecular weight excluding hydrogens is 725 g/mol. The maximum atomic E-state index is 13.0. The molecule has 0 radical (unpaired) electrons. The zero-order valence-corrected chi connectivity index (χ0v) is 29.9. The molecule has 0 spiro atoms. The molecule has 0 bridgehead atoms. The highest BCUT2D eigenvalue weighted by Gasteiger charge is 2.45. The van der Waals surface area contributed by atoms with Crippen molar-refractivity contribution in [3.05, 3.63) is 107 Å². The summed E-state index contributed by atoms with van der Waals surface area (Å²) in [5.74, 6) is -2.07. The Labute approximate surface area is 313 Å². The minimum atomic E-state index is -4.61. The lowest BCUT2D eigenvalue weighted by Crippen LogP contribution is -2.44. The van der Waals surface area contributed by atoms with Gasteiger partial charge < -0.3 is 31.3 Å². The fourth-order valence-electron chi connectivity index (χ4n) is 5.45. The van der Waals surface area contributed by atoms with E-state index in [4.69, 9.17) is 16.3 Å². The van der Waals surface area contributed by atoms with Gasteiger partial charge in [0.15, 0.2) is 6.61 Å². The van der Waals surface area contributed by atoms with Crippen LogP contribution in [0.25, 0.3) is 10.8 Å². The molecule has 16 heteroatoms. The summed E-state index contributed by atoms with van der Waals surface area (Å²) in [6, 6.07) is 25.9. The summed E-state index contributed by atoms with van der Waals surface area (Å²) in [7, 11) is 0. The number of ether oxygens (including phenoxy) is 1. The molecule has 1 aliphatic rings. The van der Waals surface area contributed by atoms with Crippen LogP contribution in [-0.4, -0.2) is 58.5 Å². The first-order chi connectivity index (χ1) is 25.7. The van der Waals surface area contributed by atoms with Crippen molar-refractivity contribution in [2.24, 2.45) is 5.41 Å². The van der Waals surface area contributed by atoms with E-state index in [1.807, 2.05) is 56.3 Å². The highest BCUT2D eigenvalue weighted by molar-refractivity contribution is 6.39. The molecule has 0 atom stereocenters. The number of alkyl halides is 3. The predicted molar refractivity (Wildman–Crippen MR) is 199 cm³/mol. The van der Waals surface area contributed by atoms with Crippen LogP contribution in [0.1, 0.15) is 42.6 Å². The van der Waals surface area contributed by atoms with Gasteiger partial charge in [-0.2, -0.15) is 28.1 Å². The van der Waals surface area contributed by atoms with Crippen LogP contribution in [0, 0.1) is 5.41 Å². The van der Waals surface area contributed by atoms with E-state index in [0.717, 1.165) is 29.2 Å². The van der Waals surface area contributed by atoms with Gasteiger partial charge in [-0.25, -0.2) is 0 Å². The van der Waals surface area contributed by atoms with Crippen molar-refractivity contribution in [2.75, 3.05) is 35.6 Å². The van der Waals surface area contributed by atoms with E-state index in [9.17, 15) is 27.6 Å². The second kappa shape index (κ2) is 15.6. The van der Waals surface area contributed by atoms with Crippen molar-refractivity contribution in [1.29, 1.82) is 0 Å². The van der Waals surface area contributed by atoms with Crippen LogP contribution in [-0.2, 0) is 15.1 Å². The van der Waals surface area contributed by atoms with Gasteiger partial charge in [-0.05, 0) is 83.1 Å². The average molecular weight is 761 g/mol. The number of hydrogen-bond donors (Lipinski definition) is 5. The second-order valence-electron chi connectivity index (χ2n) is 13.6. The van der Waals surface area contributed by atoms with E-state index in [1.54, 1.807) is 48.5 Å². The van der Waals surface area contributed by atoms with Crippen LogP contribution in [0.15, 0.2) is 91.0 Å². The Morgan fingerprint density at radius 2 is 1.43 bits per heavy atom. The number of benzene rings is 4. The van der Waals surface area contributed by atoms with Gasteiger partial charge in [0.1, 0.15) is 0 Å². The molecule has 1 fully saturated rings. The molecule has 1 saturated carbocycles. The molecule has 54 heavy (non-hydrogen) atoms. The summed E-state index contributed by atoms with van der Waals surface area (Å²) in [6.07, 6.45) is -3.13. The van der Waals surface area contributed by atoms with Gasteiger partial charge in [-0.1, -0.05) is 67.9 Å². The number of amides is 3. The van der Waals surface area contributed by atoms with Crippen molar-refractivity contribution in [3.63, 3.8) is 0 Å².